The summed E-state index contributed by atoms with van der Waals surface area (Å²) in [5, 5.41) is 2.44. The number of hydrogen-bond acceptors (Lipinski definition) is 2. The molecule has 20 heavy (non-hydrogen) atoms. The molecule has 6 heteroatoms. The topological polar surface area (TPSA) is 38.3 Å². The van der Waals surface area contributed by atoms with Crippen LogP contribution in [0.5, 0.6) is 11.5 Å². The molecule has 1 amide bonds. The van der Waals surface area contributed by atoms with Crippen LogP contribution in [0.25, 0.3) is 0 Å². The molecule has 2 aromatic carbocycles. The SMILES string of the molecule is O=CNc1ccc(Oc2cccc(C(F)(F)F)c2)cc1. The highest BCUT2D eigenvalue weighted by atomic mass is 19.4. The highest BCUT2D eigenvalue weighted by Gasteiger charge is 2.30. The van der Waals surface area contributed by atoms with E-state index in [1.807, 2.05) is 0 Å². The third-order valence-corrected chi connectivity index (χ3v) is 2.48. The zero-order valence-corrected chi connectivity index (χ0v) is 10.1. The van der Waals surface area contributed by atoms with Crippen LogP contribution >= 0.6 is 0 Å². The summed E-state index contributed by atoms with van der Waals surface area (Å²) in [4.78, 5) is 10.2. The number of ether oxygens (including phenoxy) is 1. The molecule has 104 valence electrons. The maximum absolute atomic E-state index is 12.5. The van der Waals surface area contributed by atoms with Crippen molar-refractivity contribution in [1.29, 1.82) is 0 Å². The lowest BCUT2D eigenvalue weighted by atomic mass is 10.2. The van der Waals surface area contributed by atoms with Crippen molar-refractivity contribution in [2.24, 2.45) is 0 Å². The first-order chi connectivity index (χ1) is 9.49. The second-order valence-electron chi connectivity index (χ2n) is 3.91. The lowest BCUT2D eigenvalue weighted by Crippen LogP contribution is -2.04. The third-order valence-electron chi connectivity index (χ3n) is 2.48. The van der Waals surface area contributed by atoms with Gasteiger partial charge in [-0.3, -0.25) is 4.79 Å². The van der Waals surface area contributed by atoms with Crippen molar-refractivity contribution in [2.45, 2.75) is 6.18 Å². The van der Waals surface area contributed by atoms with Gasteiger partial charge >= 0.3 is 6.18 Å². The molecular weight excluding hydrogens is 271 g/mol. The fourth-order valence-corrected chi connectivity index (χ4v) is 1.56. The third kappa shape index (κ3) is 3.50. The fourth-order valence-electron chi connectivity index (χ4n) is 1.56. The van der Waals surface area contributed by atoms with Gasteiger partial charge in [0.15, 0.2) is 0 Å². The molecule has 0 atom stereocenters. The van der Waals surface area contributed by atoms with Crippen LogP contribution in [0, 0.1) is 0 Å². The van der Waals surface area contributed by atoms with Crippen molar-refractivity contribution in [1.82, 2.24) is 0 Å². The predicted molar refractivity (Wildman–Crippen MR) is 67.6 cm³/mol. The van der Waals surface area contributed by atoms with Crippen LogP contribution < -0.4 is 10.1 Å². The van der Waals surface area contributed by atoms with Gasteiger partial charge in [-0.15, -0.1) is 0 Å². The number of carbonyl (C=O) groups excluding carboxylic acids is 1. The number of amides is 1. The van der Waals surface area contributed by atoms with E-state index in [4.69, 9.17) is 4.74 Å². The second-order valence-corrected chi connectivity index (χ2v) is 3.91. The molecule has 0 unspecified atom stereocenters. The Hall–Kier alpha value is -2.50. The van der Waals surface area contributed by atoms with E-state index in [1.54, 1.807) is 24.3 Å². The molecular formula is C14H10F3NO2. The predicted octanol–water partition coefficient (Wildman–Crippen LogP) is 4.07. The first kappa shape index (κ1) is 13.9. The molecule has 0 aliphatic carbocycles. The van der Waals surface area contributed by atoms with E-state index < -0.39 is 11.7 Å². The van der Waals surface area contributed by atoms with Crippen LogP contribution in [0.3, 0.4) is 0 Å². The first-order valence-electron chi connectivity index (χ1n) is 5.64. The second kappa shape index (κ2) is 5.64. The molecule has 0 aliphatic heterocycles. The summed E-state index contributed by atoms with van der Waals surface area (Å²) in [5.74, 6) is 0.469. The Morgan fingerprint density at radius 3 is 2.30 bits per heavy atom. The maximum Gasteiger partial charge on any atom is 0.416 e. The number of benzene rings is 2. The lowest BCUT2D eigenvalue weighted by molar-refractivity contribution is -0.137. The molecule has 0 heterocycles. The van der Waals surface area contributed by atoms with Gasteiger partial charge in [0.05, 0.1) is 5.56 Å². The molecule has 0 saturated carbocycles. The van der Waals surface area contributed by atoms with Gasteiger partial charge < -0.3 is 10.1 Å². The van der Waals surface area contributed by atoms with Crippen LogP contribution in [-0.4, -0.2) is 6.41 Å². The van der Waals surface area contributed by atoms with Crippen molar-refractivity contribution < 1.29 is 22.7 Å². The van der Waals surface area contributed by atoms with Gasteiger partial charge in [0.1, 0.15) is 11.5 Å². The van der Waals surface area contributed by atoms with Crippen LogP contribution in [0.1, 0.15) is 5.56 Å². The van der Waals surface area contributed by atoms with Gasteiger partial charge in [0, 0.05) is 5.69 Å². The summed E-state index contributed by atoms with van der Waals surface area (Å²) in [6.07, 6.45) is -3.88. The Morgan fingerprint density at radius 1 is 1.00 bits per heavy atom. The Labute approximate surface area is 113 Å². The van der Waals surface area contributed by atoms with Crippen LogP contribution in [-0.2, 0) is 11.0 Å². The number of alkyl halides is 3. The van der Waals surface area contributed by atoms with Crippen LogP contribution in [0.4, 0.5) is 18.9 Å². The molecule has 0 spiro atoms. The number of rotatable bonds is 4. The number of carbonyl (C=O) groups is 1. The number of nitrogens with one attached hydrogen (secondary N) is 1. The molecule has 0 saturated heterocycles. The molecule has 3 nitrogen and oxygen atoms in total. The summed E-state index contributed by atoms with van der Waals surface area (Å²) < 4.78 is 43.0. The van der Waals surface area contributed by atoms with Gasteiger partial charge in [-0.25, -0.2) is 0 Å². The maximum atomic E-state index is 12.5. The normalized spacial score (nSPS) is 10.9. The van der Waals surface area contributed by atoms with E-state index in [9.17, 15) is 18.0 Å². The van der Waals surface area contributed by atoms with Gasteiger partial charge in [-0.1, -0.05) is 6.07 Å². The summed E-state index contributed by atoms with van der Waals surface area (Å²) >= 11 is 0. The van der Waals surface area contributed by atoms with E-state index >= 15 is 0 Å². The van der Waals surface area contributed by atoms with E-state index in [2.05, 4.69) is 5.32 Å². The number of anilines is 1. The Kier molecular flexibility index (Phi) is 3.93. The minimum absolute atomic E-state index is 0.0934. The van der Waals surface area contributed by atoms with Crippen molar-refractivity contribution in [3.8, 4) is 11.5 Å². The monoisotopic (exact) mass is 281 g/mol. The van der Waals surface area contributed by atoms with E-state index in [1.165, 1.54) is 12.1 Å². The van der Waals surface area contributed by atoms with Gasteiger partial charge in [-0.2, -0.15) is 13.2 Å². The standard InChI is InChI=1S/C14H10F3NO2/c15-14(16,17)10-2-1-3-13(8-10)20-12-6-4-11(5-7-12)18-9-19/h1-9H,(H,18,19). The van der Waals surface area contributed by atoms with E-state index in [0.717, 1.165) is 12.1 Å². The average Bonchev–Trinajstić information content (AvgIpc) is 2.41. The minimum atomic E-state index is -4.41. The minimum Gasteiger partial charge on any atom is -0.457 e. The largest absolute Gasteiger partial charge is 0.457 e. The van der Waals surface area contributed by atoms with E-state index in [-0.39, 0.29) is 5.75 Å². The van der Waals surface area contributed by atoms with Crippen LogP contribution in [0.15, 0.2) is 48.5 Å². The van der Waals surface area contributed by atoms with Crippen molar-refractivity contribution in [3.63, 3.8) is 0 Å². The fraction of sp³-hybridized carbons (Fsp3) is 0.0714. The number of halogens is 3. The molecule has 0 bridgehead atoms. The van der Waals surface area contributed by atoms with Crippen molar-refractivity contribution in [2.75, 3.05) is 5.32 Å². The van der Waals surface area contributed by atoms with Crippen LogP contribution in [0.2, 0.25) is 0 Å². The molecule has 0 aromatic heterocycles. The van der Waals surface area contributed by atoms with E-state index in [0.29, 0.717) is 17.8 Å². The molecule has 1 N–H and O–H groups in total. The average molecular weight is 281 g/mol. The molecule has 2 aromatic rings. The Bertz CT molecular complexity index is 594. The van der Waals surface area contributed by atoms with Gasteiger partial charge in [-0.05, 0) is 42.5 Å². The zero-order chi connectivity index (χ0) is 14.6. The highest BCUT2D eigenvalue weighted by Crippen LogP contribution is 2.32. The highest BCUT2D eigenvalue weighted by molar-refractivity contribution is 5.71. The summed E-state index contributed by atoms with van der Waals surface area (Å²) in [6, 6.07) is 10.9. The summed E-state index contributed by atoms with van der Waals surface area (Å²) in [7, 11) is 0. The quantitative estimate of drug-likeness (QED) is 0.858. The smallest absolute Gasteiger partial charge is 0.416 e. The van der Waals surface area contributed by atoms with Gasteiger partial charge in [0.2, 0.25) is 6.41 Å². The number of hydrogen-bond donors (Lipinski definition) is 1. The van der Waals surface area contributed by atoms with Gasteiger partial charge in [0.25, 0.3) is 0 Å². The van der Waals surface area contributed by atoms with Crippen molar-refractivity contribution >= 4 is 12.1 Å². The Morgan fingerprint density at radius 2 is 1.70 bits per heavy atom. The molecule has 0 fully saturated rings. The molecule has 0 radical (unpaired) electrons. The summed E-state index contributed by atoms with van der Waals surface area (Å²) in [6.45, 7) is 0. The first-order valence-corrected chi connectivity index (χ1v) is 5.64. The lowest BCUT2D eigenvalue weighted by Gasteiger charge is -2.10. The Balaban J connectivity index is 2.15. The van der Waals surface area contributed by atoms with Crippen molar-refractivity contribution in [3.05, 3.63) is 54.1 Å². The summed E-state index contributed by atoms with van der Waals surface area (Å²) in [5.41, 5.74) is -0.203. The molecule has 0 aliphatic rings. The zero-order valence-electron chi connectivity index (χ0n) is 10.1. The molecule has 2 rings (SSSR count).